The van der Waals surface area contributed by atoms with Crippen LogP contribution in [0.1, 0.15) is 49.0 Å². The fourth-order valence-corrected chi connectivity index (χ4v) is 4.34. The minimum atomic E-state index is -0.564. The highest BCUT2D eigenvalue weighted by Crippen LogP contribution is 2.41. The minimum Gasteiger partial charge on any atom is -0.343 e. The van der Waals surface area contributed by atoms with E-state index in [2.05, 4.69) is 28.8 Å². The van der Waals surface area contributed by atoms with Gasteiger partial charge in [-0.05, 0) is 17.2 Å². The van der Waals surface area contributed by atoms with Crippen LogP contribution in [0.3, 0.4) is 0 Å². The second-order valence-electron chi connectivity index (χ2n) is 9.36. The lowest BCUT2D eigenvalue weighted by molar-refractivity contribution is -0.126. The van der Waals surface area contributed by atoms with E-state index < -0.39 is 11.3 Å². The summed E-state index contributed by atoms with van der Waals surface area (Å²) >= 11 is 0. The highest BCUT2D eigenvalue weighted by atomic mass is 16.1. The van der Waals surface area contributed by atoms with Crippen molar-refractivity contribution >= 4 is 22.5 Å². The Bertz CT molecular complexity index is 1260. The molecular formula is C29H29NO2. The summed E-state index contributed by atoms with van der Waals surface area (Å²) in [7, 11) is 2.03. The zero-order valence-corrected chi connectivity index (χ0v) is 19.1. The van der Waals surface area contributed by atoms with Crippen molar-refractivity contribution in [1.82, 2.24) is 4.57 Å². The molecule has 1 aromatic heterocycles. The number of aryl methyl sites for hydroxylation is 1. The summed E-state index contributed by atoms with van der Waals surface area (Å²) in [6, 6.07) is 27.6. The summed E-state index contributed by atoms with van der Waals surface area (Å²) < 4.78 is 2.15. The number of aromatic nitrogens is 1. The van der Waals surface area contributed by atoms with Crippen molar-refractivity contribution in [3.05, 3.63) is 96.1 Å². The predicted molar refractivity (Wildman–Crippen MR) is 131 cm³/mol. The Morgan fingerprint density at radius 3 is 2.00 bits per heavy atom. The monoisotopic (exact) mass is 423 g/mol. The van der Waals surface area contributed by atoms with Crippen LogP contribution in [-0.2, 0) is 11.8 Å². The first-order valence-corrected chi connectivity index (χ1v) is 11.0. The molecule has 1 atom stereocenters. The van der Waals surface area contributed by atoms with Gasteiger partial charge in [0.05, 0.1) is 11.6 Å². The number of ketones is 2. The van der Waals surface area contributed by atoms with Gasteiger partial charge in [0, 0.05) is 35.3 Å². The van der Waals surface area contributed by atoms with Crippen molar-refractivity contribution in [2.45, 2.75) is 33.1 Å². The molecule has 0 saturated heterocycles. The van der Waals surface area contributed by atoms with Gasteiger partial charge >= 0.3 is 0 Å². The molecule has 0 N–H and O–H groups in total. The predicted octanol–water partition coefficient (Wildman–Crippen LogP) is 6.82. The quantitative estimate of drug-likeness (QED) is 0.319. The van der Waals surface area contributed by atoms with Crippen molar-refractivity contribution in [1.29, 1.82) is 0 Å². The zero-order valence-electron chi connectivity index (χ0n) is 19.1. The second-order valence-corrected chi connectivity index (χ2v) is 9.36. The molecule has 1 heterocycles. The lowest BCUT2D eigenvalue weighted by Crippen LogP contribution is -2.26. The average Bonchev–Trinajstić information content (AvgIpc) is 3.09. The summed E-state index contributed by atoms with van der Waals surface area (Å²) in [4.78, 5) is 27.1. The zero-order chi connectivity index (χ0) is 22.9. The SMILES string of the molecule is Cn1c(-c2ccccc2)c(C(CC(=O)C(C)(C)C)C(=O)c2ccccc2)c2ccccc21. The van der Waals surface area contributed by atoms with Gasteiger partial charge in [-0.3, -0.25) is 9.59 Å². The molecule has 0 saturated carbocycles. The van der Waals surface area contributed by atoms with Gasteiger partial charge in [-0.15, -0.1) is 0 Å². The third-order valence-corrected chi connectivity index (χ3v) is 6.14. The van der Waals surface area contributed by atoms with Crippen molar-refractivity contribution in [3.8, 4) is 11.3 Å². The molecule has 0 amide bonds. The summed E-state index contributed by atoms with van der Waals surface area (Å²) in [6.07, 6.45) is 0.172. The summed E-state index contributed by atoms with van der Waals surface area (Å²) in [5.41, 5.74) is 4.12. The fraction of sp³-hybridized carbons (Fsp3) is 0.241. The standard InChI is InChI=1S/C29H29NO2/c1-29(2,3)25(31)19-23(28(32)21-15-9-6-10-16-21)26-22-17-11-12-18-24(22)30(4)27(26)20-13-7-5-8-14-20/h5-18,23H,19H2,1-4H3. The molecule has 0 fully saturated rings. The van der Waals surface area contributed by atoms with E-state index in [1.165, 1.54) is 0 Å². The molecular weight excluding hydrogens is 394 g/mol. The van der Waals surface area contributed by atoms with Crippen molar-refractivity contribution in [2.24, 2.45) is 12.5 Å². The Morgan fingerprint density at radius 1 is 0.812 bits per heavy atom. The van der Waals surface area contributed by atoms with Crippen molar-refractivity contribution in [2.75, 3.05) is 0 Å². The third-order valence-electron chi connectivity index (χ3n) is 6.14. The van der Waals surface area contributed by atoms with Crippen LogP contribution in [0.5, 0.6) is 0 Å². The molecule has 1 unspecified atom stereocenters. The number of nitrogens with zero attached hydrogens (tertiary/aromatic N) is 1. The van der Waals surface area contributed by atoms with Gasteiger partial charge in [0.15, 0.2) is 5.78 Å². The van der Waals surface area contributed by atoms with Crippen LogP contribution in [0, 0.1) is 5.41 Å². The van der Waals surface area contributed by atoms with Gasteiger partial charge in [-0.2, -0.15) is 0 Å². The Labute approximate surface area is 189 Å². The normalized spacial score (nSPS) is 12.6. The first-order valence-electron chi connectivity index (χ1n) is 11.0. The highest BCUT2D eigenvalue weighted by molar-refractivity contribution is 6.08. The van der Waals surface area contributed by atoms with Crippen LogP contribution in [-0.4, -0.2) is 16.1 Å². The van der Waals surface area contributed by atoms with Gasteiger partial charge in [0.1, 0.15) is 5.78 Å². The molecule has 4 rings (SSSR count). The maximum atomic E-state index is 13.9. The van der Waals surface area contributed by atoms with Gasteiger partial charge in [-0.1, -0.05) is 99.6 Å². The lowest BCUT2D eigenvalue weighted by atomic mass is 9.78. The Balaban J connectivity index is 1.99. The van der Waals surface area contributed by atoms with Gasteiger partial charge in [0.25, 0.3) is 0 Å². The molecule has 162 valence electrons. The third kappa shape index (κ3) is 4.03. The minimum absolute atomic E-state index is 0.0169. The van der Waals surface area contributed by atoms with E-state index in [1.807, 2.05) is 88.5 Å². The molecule has 0 radical (unpaired) electrons. The number of Topliss-reactive ketones (excluding diaryl/α,β-unsaturated/α-hetero) is 2. The molecule has 3 heteroatoms. The van der Waals surface area contributed by atoms with E-state index in [-0.39, 0.29) is 18.0 Å². The first kappa shape index (κ1) is 21.8. The smallest absolute Gasteiger partial charge is 0.170 e. The Morgan fingerprint density at radius 2 is 1.38 bits per heavy atom. The number of hydrogen-bond acceptors (Lipinski definition) is 2. The number of benzene rings is 3. The summed E-state index contributed by atoms with van der Waals surface area (Å²) in [5.74, 6) is -0.499. The highest BCUT2D eigenvalue weighted by Gasteiger charge is 2.34. The average molecular weight is 424 g/mol. The van der Waals surface area contributed by atoms with E-state index >= 15 is 0 Å². The second kappa shape index (κ2) is 8.58. The Kier molecular flexibility index (Phi) is 5.84. The van der Waals surface area contributed by atoms with Gasteiger partial charge in [0.2, 0.25) is 0 Å². The molecule has 3 nitrogen and oxygen atoms in total. The largest absolute Gasteiger partial charge is 0.343 e. The Hall–Kier alpha value is -3.46. The fourth-order valence-electron chi connectivity index (χ4n) is 4.34. The number of carbonyl (C=O) groups excluding carboxylic acids is 2. The van der Waals surface area contributed by atoms with Crippen LogP contribution in [0.2, 0.25) is 0 Å². The molecule has 32 heavy (non-hydrogen) atoms. The molecule has 0 aliphatic rings. The van der Waals surface area contributed by atoms with E-state index in [0.29, 0.717) is 5.56 Å². The van der Waals surface area contributed by atoms with E-state index in [1.54, 1.807) is 0 Å². The maximum absolute atomic E-state index is 13.9. The van der Waals surface area contributed by atoms with Gasteiger partial charge < -0.3 is 4.57 Å². The molecule has 3 aromatic carbocycles. The number of para-hydroxylation sites is 1. The van der Waals surface area contributed by atoms with Crippen LogP contribution >= 0.6 is 0 Å². The number of fused-ring (bicyclic) bond motifs is 1. The molecule has 4 aromatic rings. The van der Waals surface area contributed by atoms with Crippen molar-refractivity contribution < 1.29 is 9.59 Å². The molecule has 0 spiro atoms. The number of rotatable bonds is 6. The lowest BCUT2D eigenvalue weighted by Gasteiger charge is -2.23. The van der Waals surface area contributed by atoms with E-state index in [4.69, 9.17) is 0 Å². The number of carbonyl (C=O) groups is 2. The van der Waals surface area contributed by atoms with Crippen LogP contribution < -0.4 is 0 Å². The van der Waals surface area contributed by atoms with E-state index in [9.17, 15) is 9.59 Å². The van der Waals surface area contributed by atoms with Crippen molar-refractivity contribution in [3.63, 3.8) is 0 Å². The topological polar surface area (TPSA) is 39.1 Å². The number of hydrogen-bond donors (Lipinski definition) is 0. The maximum Gasteiger partial charge on any atom is 0.170 e. The molecule has 0 aliphatic heterocycles. The van der Waals surface area contributed by atoms with Crippen LogP contribution in [0.15, 0.2) is 84.9 Å². The summed E-state index contributed by atoms with van der Waals surface area (Å²) in [5, 5.41) is 1.02. The molecule has 0 aliphatic carbocycles. The first-order chi connectivity index (χ1) is 15.3. The molecule has 0 bridgehead atoms. The van der Waals surface area contributed by atoms with Crippen LogP contribution in [0.4, 0.5) is 0 Å². The summed E-state index contributed by atoms with van der Waals surface area (Å²) in [6.45, 7) is 5.75. The van der Waals surface area contributed by atoms with Gasteiger partial charge in [-0.25, -0.2) is 0 Å². The van der Waals surface area contributed by atoms with E-state index in [0.717, 1.165) is 27.7 Å². The van der Waals surface area contributed by atoms with Crippen LogP contribution in [0.25, 0.3) is 22.2 Å².